The number of nitrogens with zero attached hydrogens (tertiary/aromatic N) is 2. The van der Waals surface area contributed by atoms with E-state index in [4.69, 9.17) is 9.73 Å². The van der Waals surface area contributed by atoms with E-state index in [2.05, 4.69) is 57.1 Å². The predicted octanol–water partition coefficient (Wildman–Crippen LogP) is 2.48. The van der Waals surface area contributed by atoms with Crippen molar-refractivity contribution in [1.82, 2.24) is 15.5 Å². The van der Waals surface area contributed by atoms with Crippen molar-refractivity contribution in [2.24, 2.45) is 10.4 Å². The highest BCUT2D eigenvalue weighted by Crippen LogP contribution is 2.21. The molecule has 1 atom stereocenters. The minimum absolute atomic E-state index is 0.0954. The summed E-state index contributed by atoms with van der Waals surface area (Å²) in [7, 11) is 1.77. The number of ether oxygens (including phenoxy) is 1. The topological polar surface area (TPSA) is 48.9 Å². The van der Waals surface area contributed by atoms with Crippen LogP contribution in [0.4, 0.5) is 0 Å². The van der Waals surface area contributed by atoms with Crippen LogP contribution in [-0.4, -0.2) is 62.3 Å². The number of likely N-dealkylation sites (tertiary alicyclic amines) is 1. The van der Waals surface area contributed by atoms with E-state index in [1.807, 2.05) is 0 Å². The quantitative estimate of drug-likeness (QED) is 0.581. The van der Waals surface area contributed by atoms with Gasteiger partial charge in [0, 0.05) is 38.8 Å². The first-order valence-electron chi connectivity index (χ1n) is 9.09. The van der Waals surface area contributed by atoms with E-state index in [0.29, 0.717) is 18.6 Å². The molecule has 0 bridgehead atoms. The molecule has 5 nitrogen and oxygen atoms in total. The average Bonchev–Trinajstić information content (AvgIpc) is 2.47. The fourth-order valence-corrected chi connectivity index (χ4v) is 2.95. The first-order valence-corrected chi connectivity index (χ1v) is 9.09. The Morgan fingerprint density at radius 3 is 2.30 bits per heavy atom. The average molecular weight is 327 g/mol. The summed E-state index contributed by atoms with van der Waals surface area (Å²) in [6.45, 7) is 17.1. The Kier molecular flexibility index (Phi) is 8.34. The van der Waals surface area contributed by atoms with E-state index in [1.54, 1.807) is 7.11 Å². The van der Waals surface area contributed by atoms with Gasteiger partial charge in [-0.05, 0) is 39.0 Å². The van der Waals surface area contributed by atoms with E-state index in [1.165, 1.54) is 12.8 Å². The molecule has 1 aliphatic heterocycles. The van der Waals surface area contributed by atoms with Crippen LogP contribution in [0.1, 0.15) is 54.4 Å². The zero-order valence-electron chi connectivity index (χ0n) is 16.3. The maximum absolute atomic E-state index is 5.60. The Bertz CT molecular complexity index is 355. The lowest BCUT2D eigenvalue weighted by atomic mass is 9.89. The molecule has 5 heteroatoms. The molecule has 0 radical (unpaired) electrons. The lowest BCUT2D eigenvalue weighted by Gasteiger charge is -2.35. The minimum atomic E-state index is 0.0954. The number of piperidine rings is 1. The molecule has 1 unspecified atom stereocenters. The molecule has 1 aliphatic rings. The van der Waals surface area contributed by atoms with Crippen LogP contribution in [0.15, 0.2) is 4.99 Å². The molecule has 1 heterocycles. The van der Waals surface area contributed by atoms with E-state index >= 15 is 0 Å². The fourth-order valence-electron chi connectivity index (χ4n) is 2.95. The van der Waals surface area contributed by atoms with Gasteiger partial charge in [0.25, 0.3) is 0 Å². The summed E-state index contributed by atoms with van der Waals surface area (Å²) in [6, 6.07) is 1.16. The van der Waals surface area contributed by atoms with Crippen LogP contribution in [0.5, 0.6) is 0 Å². The van der Waals surface area contributed by atoms with Crippen molar-refractivity contribution in [2.75, 3.05) is 33.3 Å². The smallest absolute Gasteiger partial charge is 0.191 e. The Morgan fingerprint density at radius 1 is 1.26 bits per heavy atom. The molecule has 2 N–H and O–H groups in total. The first-order chi connectivity index (χ1) is 10.8. The van der Waals surface area contributed by atoms with Crippen molar-refractivity contribution in [3.05, 3.63) is 0 Å². The number of hydrogen-bond donors (Lipinski definition) is 2. The summed E-state index contributed by atoms with van der Waals surface area (Å²) < 4.78 is 5.60. The zero-order chi connectivity index (χ0) is 17.5. The molecule has 0 amide bonds. The predicted molar refractivity (Wildman–Crippen MR) is 99.1 cm³/mol. The second-order valence-corrected chi connectivity index (χ2v) is 7.86. The summed E-state index contributed by atoms with van der Waals surface area (Å²) in [6.07, 6.45) is 2.48. The van der Waals surface area contributed by atoms with Crippen LogP contribution < -0.4 is 10.6 Å². The van der Waals surface area contributed by atoms with Gasteiger partial charge in [-0.15, -0.1) is 0 Å². The van der Waals surface area contributed by atoms with Gasteiger partial charge in [-0.2, -0.15) is 0 Å². The standard InChI is InChI=1S/C18H38N4O/c1-8-19-17(20-13-16(23-7)18(4,5)6)21-15-9-11-22(12-10-15)14(2)3/h14-16H,8-13H2,1-7H3,(H2,19,20,21). The van der Waals surface area contributed by atoms with Crippen LogP contribution in [-0.2, 0) is 4.74 Å². The Hall–Kier alpha value is -0.810. The van der Waals surface area contributed by atoms with E-state index < -0.39 is 0 Å². The lowest BCUT2D eigenvalue weighted by Crippen LogP contribution is -2.50. The van der Waals surface area contributed by atoms with Crippen LogP contribution >= 0.6 is 0 Å². The van der Waals surface area contributed by atoms with Gasteiger partial charge in [0.05, 0.1) is 12.6 Å². The maximum atomic E-state index is 5.60. The molecular formula is C18H38N4O. The number of nitrogens with one attached hydrogen (secondary N) is 2. The second-order valence-electron chi connectivity index (χ2n) is 7.86. The zero-order valence-corrected chi connectivity index (χ0v) is 16.3. The largest absolute Gasteiger partial charge is 0.379 e. The summed E-state index contributed by atoms with van der Waals surface area (Å²) in [5.74, 6) is 0.918. The molecule has 0 aliphatic carbocycles. The normalized spacial score (nSPS) is 19.9. The van der Waals surface area contributed by atoms with Crippen molar-refractivity contribution in [3.63, 3.8) is 0 Å². The van der Waals surface area contributed by atoms with E-state index in [9.17, 15) is 0 Å². The SMILES string of the molecule is CCNC(=NCC(OC)C(C)(C)C)NC1CCN(C(C)C)CC1. The fraction of sp³-hybridized carbons (Fsp3) is 0.944. The molecule has 23 heavy (non-hydrogen) atoms. The highest BCUT2D eigenvalue weighted by molar-refractivity contribution is 5.80. The molecule has 1 saturated heterocycles. The first kappa shape index (κ1) is 20.2. The second kappa shape index (κ2) is 9.48. The maximum Gasteiger partial charge on any atom is 0.191 e. The molecule has 136 valence electrons. The van der Waals surface area contributed by atoms with Crippen molar-refractivity contribution >= 4 is 5.96 Å². The highest BCUT2D eigenvalue weighted by Gasteiger charge is 2.25. The third-order valence-corrected chi connectivity index (χ3v) is 4.61. The molecule has 0 aromatic rings. The summed E-state index contributed by atoms with van der Waals surface area (Å²) in [5, 5.41) is 6.97. The molecule has 0 aromatic carbocycles. The van der Waals surface area contributed by atoms with Gasteiger partial charge in [0.15, 0.2) is 5.96 Å². The minimum Gasteiger partial charge on any atom is -0.379 e. The third kappa shape index (κ3) is 7.08. The van der Waals surface area contributed by atoms with E-state index in [0.717, 1.165) is 25.6 Å². The Labute approximate surface area is 143 Å². The van der Waals surface area contributed by atoms with Gasteiger partial charge in [0.1, 0.15) is 0 Å². The van der Waals surface area contributed by atoms with E-state index in [-0.39, 0.29) is 11.5 Å². The van der Waals surface area contributed by atoms with Gasteiger partial charge in [-0.25, -0.2) is 0 Å². The molecule has 0 spiro atoms. The van der Waals surface area contributed by atoms with Gasteiger partial charge < -0.3 is 20.3 Å². The van der Waals surface area contributed by atoms with Crippen LogP contribution in [0, 0.1) is 5.41 Å². The van der Waals surface area contributed by atoms with Crippen molar-refractivity contribution in [2.45, 2.75) is 72.6 Å². The summed E-state index contributed by atoms with van der Waals surface area (Å²) >= 11 is 0. The van der Waals surface area contributed by atoms with Gasteiger partial charge in [-0.1, -0.05) is 20.8 Å². The number of aliphatic imine (C=N–C) groups is 1. The molecule has 1 rings (SSSR count). The number of rotatable bonds is 6. The highest BCUT2D eigenvalue weighted by atomic mass is 16.5. The third-order valence-electron chi connectivity index (χ3n) is 4.61. The van der Waals surface area contributed by atoms with Gasteiger partial charge in [0.2, 0.25) is 0 Å². The summed E-state index contributed by atoms with van der Waals surface area (Å²) in [4.78, 5) is 7.30. The number of hydrogen-bond acceptors (Lipinski definition) is 3. The number of methoxy groups -OCH3 is 1. The lowest BCUT2D eigenvalue weighted by molar-refractivity contribution is 0.0241. The van der Waals surface area contributed by atoms with Crippen LogP contribution in [0.2, 0.25) is 0 Å². The Balaban J connectivity index is 2.56. The molecular weight excluding hydrogens is 288 g/mol. The summed E-state index contributed by atoms with van der Waals surface area (Å²) in [5.41, 5.74) is 0.0954. The van der Waals surface area contributed by atoms with Crippen molar-refractivity contribution in [1.29, 1.82) is 0 Å². The molecule has 1 fully saturated rings. The molecule has 0 aromatic heterocycles. The van der Waals surface area contributed by atoms with Crippen LogP contribution in [0.25, 0.3) is 0 Å². The Morgan fingerprint density at radius 2 is 1.87 bits per heavy atom. The number of guanidine groups is 1. The monoisotopic (exact) mass is 326 g/mol. The van der Waals surface area contributed by atoms with Crippen molar-refractivity contribution in [3.8, 4) is 0 Å². The molecule has 0 saturated carbocycles. The van der Waals surface area contributed by atoms with Gasteiger partial charge >= 0.3 is 0 Å². The van der Waals surface area contributed by atoms with Crippen LogP contribution in [0.3, 0.4) is 0 Å². The van der Waals surface area contributed by atoms with Crippen molar-refractivity contribution < 1.29 is 4.74 Å². The van der Waals surface area contributed by atoms with Gasteiger partial charge in [-0.3, -0.25) is 4.99 Å².